The molecule has 1 N–H and O–H groups in total. The van der Waals surface area contributed by atoms with Crippen LogP contribution < -0.4 is 5.11 Å². The van der Waals surface area contributed by atoms with E-state index in [0.29, 0.717) is 18.9 Å². The van der Waals surface area contributed by atoms with Gasteiger partial charge < -0.3 is 14.6 Å². The Balaban J connectivity index is 2.02. The molecule has 23 heavy (non-hydrogen) atoms. The van der Waals surface area contributed by atoms with Gasteiger partial charge in [-0.3, -0.25) is 5.26 Å². The van der Waals surface area contributed by atoms with Crippen LogP contribution in [-0.2, 0) is 14.4 Å². The van der Waals surface area contributed by atoms with E-state index in [9.17, 15) is 9.90 Å². The predicted molar refractivity (Wildman–Crippen MR) is 86.8 cm³/mol. The quantitative estimate of drug-likeness (QED) is 0.164. The highest BCUT2D eigenvalue weighted by molar-refractivity contribution is 5.63. The minimum atomic E-state index is -0.969. The van der Waals surface area contributed by atoms with Gasteiger partial charge >= 0.3 is 0 Å². The number of aliphatic carboxylic acids is 1. The topological polar surface area (TPSA) is 82.1 Å². The van der Waals surface area contributed by atoms with E-state index in [0.717, 1.165) is 32.1 Å². The Hall–Kier alpha value is -0.910. The van der Waals surface area contributed by atoms with Crippen molar-refractivity contribution in [2.45, 2.75) is 95.9 Å². The minimum Gasteiger partial charge on any atom is -0.550 e. The van der Waals surface area contributed by atoms with Gasteiger partial charge in [-0.1, -0.05) is 51.2 Å². The zero-order chi connectivity index (χ0) is 16.9. The molecule has 5 nitrogen and oxygen atoms in total. The van der Waals surface area contributed by atoms with Crippen LogP contribution in [0.1, 0.15) is 77.6 Å². The number of unbranched alkanes of at least 4 members (excludes halogenated alkanes) is 6. The first kappa shape index (κ1) is 20.1. The van der Waals surface area contributed by atoms with E-state index in [2.05, 4.69) is 11.8 Å². The number of carbonyl (C=O) groups is 1. The number of carboxylic acid groups (broad SMARTS) is 1. The van der Waals surface area contributed by atoms with Crippen molar-refractivity contribution in [1.29, 1.82) is 0 Å². The monoisotopic (exact) mass is 327 g/mol. The number of carboxylic acids is 1. The first-order valence-electron chi connectivity index (χ1n) is 8.99. The van der Waals surface area contributed by atoms with Crippen LogP contribution in [-0.4, -0.2) is 29.5 Å². The second-order valence-corrected chi connectivity index (χ2v) is 6.34. The highest BCUT2D eigenvalue weighted by Gasteiger charge is 2.39. The molecule has 0 spiro atoms. The summed E-state index contributed by atoms with van der Waals surface area (Å²) in [6, 6.07) is 0. The smallest absolute Gasteiger partial charge is 0.113 e. The van der Waals surface area contributed by atoms with Gasteiger partial charge in [0.1, 0.15) is 6.10 Å². The fourth-order valence-electron chi connectivity index (χ4n) is 2.75. The number of rotatable bonds is 15. The van der Waals surface area contributed by atoms with E-state index in [-0.39, 0.29) is 18.6 Å². The number of carbonyl (C=O) groups excluding carboxylic acids is 1. The molecule has 0 amide bonds. The third-order valence-corrected chi connectivity index (χ3v) is 4.23. The number of ether oxygens (including phenoxy) is 1. The fourth-order valence-corrected chi connectivity index (χ4v) is 2.75. The molecule has 0 aromatic rings. The summed E-state index contributed by atoms with van der Waals surface area (Å²) in [5.74, 6) is -0.969. The second-order valence-electron chi connectivity index (χ2n) is 6.34. The summed E-state index contributed by atoms with van der Waals surface area (Å²) < 4.78 is 5.61. The summed E-state index contributed by atoms with van der Waals surface area (Å²) in [6.07, 6.45) is 14.3. The standard InChI is InChI=1S/C18H32O5/c1-2-3-8-12-16-17(22-16)14-15(23-21)11-9-6-4-5-7-10-13-18(19)20/h9,11,15-17,21H,2-8,10,12-14H2,1H3,(H,19,20)/p-1/b11-9+/t15-,16-,17+/m0/s1. The van der Waals surface area contributed by atoms with E-state index < -0.39 is 5.97 Å². The molecule has 1 aliphatic rings. The summed E-state index contributed by atoms with van der Waals surface area (Å²) in [6.45, 7) is 2.19. The van der Waals surface area contributed by atoms with Gasteiger partial charge in [-0.2, -0.15) is 0 Å². The van der Waals surface area contributed by atoms with Gasteiger partial charge in [0.05, 0.1) is 12.2 Å². The normalized spacial score (nSPS) is 21.7. The van der Waals surface area contributed by atoms with Crippen LogP contribution in [0.15, 0.2) is 12.2 Å². The molecule has 0 aromatic heterocycles. The van der Waals surface area contributed by atoms with Crippen molar-refractivity contribution in [2.24, 2.45) is 0 Å². The van der Waals surface area contributed by atoms with E-state index >= 15 is 0 Å². The van der Waals surface area contributed by atoms with E-state index in [4.69, 9.17) is 9.99 Å². The van der Waals surface area contributed by atoms with Crippen LogP contribution in [0.4, 0.5) is 0 Å². The van der Waals surface area contributed by atoms with Crippen LogP contribution in [0.2, 0.25) is 0 Å². The maximum atomic E-state index is 10.3. The maximum Gasteiger partial charge on any atom is 0.113 e. The lowest BCUT2D eigenvalue weighted by molar-refractivity contribution is -0.305. The third-order valence-electron chi connectivity index (χ3n) is 4.23. The minimum absolute atomic E-state index is 0.150. The molecular formula is C18H31O5-. The van der Waals surface area contributed by atoms with Gasteiger partial charge in [-0.05, 0) is 32.1 Å². The number of epoxide rings is 1. The van der Waals surface area contributed by atoms with Gasteiger partial charge in [-0.25, -0.2) is 4.89 Å². The molecule has 0 unspecified atom stereocenters. The zero-order valence-corrected chi connectivity index (χ0v) is 14.2. The summed E-state index contributed by atoms with van der Waals surface area (Å²) in [7, 11) is 0. The highest BCUT2D eigenvalue weighted by Crippen LogP contribution is 2.31. The molecule has 0 radical (unpaired) electrons. The Morgan fingerprint density at radius 3 is 2.70 bits per heavy atom. The Morgan fingerprint density at radius 2 is 2.00 bits per heavy atom. The SMILES string of the molecule is CCCCC[C@@H]1O[C@@H]1C[C@H](/C=C/CCCCCCC(=O)[O-])OO. The lowest BCUT2D eigenvalue weighted by Crippen LogP contribution is -2.21. The number of hydrogen-bond acceptors (Lipinski definition) is 5. The van der Waals surface area contributed by atoms with Gasteiger partial charge in [0.2, 0.25) is 0 Å². The van der Waals surface area contributed by atoms with Crippen molar-refractivity contribution < 1.29 is 24.8 Å². The molecule has 1 heterocycles. The molecular weight excluding hydrogens is 296 g/mol. The van der Waals surface area contributed by atoms with Crippen molar-refractivity contribution in [3.63, 3.8) is 0 Å². The van der Waals surface area contributed by atoms with Gasteiger partial charge in [0.15, 0.2) is 0 Å². The van der Waals surface area contributed by atoms with E-state index in [1.807, 2.05) is 12.2 Å². The molecule has 0 aromatic carbocycles. The van der Waals surface area contributed by atoms with Gasteiger partial charge in [0, 0.05) is 12.4 Å². The third kappa shape index (κ3) is 10.5. The lowest BCUT2D eigenvalue weighted by atomic mass is 10.1. The van der Waals surface area contributed by atoms with Crippen molar-refractivity contribution in [1.82, 2.24) is 0 Å². The molecule has 134 valence electrons. The molecule has 0 aliphatic carbocycles. The summed E-state index contributed by atoms with van der Waals surface area (Å²) >= 11 is 0. The Kier molecular flexibility index (Phi) is 10.9. The number of allylic oxidation sites excluding steroid dienone is 1. The van der Waals surface area contributed by atoms with Crippen LogP contribution in [0.5, 0.6) is 0 Å². The molecule has 5 heteroatoms. The first-order valence-corrected chi connectivity index (χ1v) is 8.99. The Bertz CT molecular complexity index is 342. The fraction of sp³-hybridized carbons (Fsp3) is 0.833. The van der Waals surface area contributed by atoms with Crippen molar-refractivity contribution in [3.8, 4) is 0 Å². The summed E-state index contributed by atoms with van der Waals surface area (Å²) in [5.41, 5.74) is 0. The van der Waals surface area contributed by atoms with Crippen LogP contribution in [0.3, 0.4) is 0 Å². The molecule has 0 bridgehead atoms. The molecule has 1 aliphatic heterocycles. The molecule has 1 fully saturated rings. The van der Waals surface area contributed by atoms with Crippen LogP contribution in [0, 0.1) is 0 Å². The van der Waals surface area contributed by atoms with Crippen LogP contribution >= 0.6 is 0 Å². The highest BCUT2D eigenvalue weighted by atomic mass is 17.1. The lowest BCUT2D eigenvalue weighted by Gasteiger charge is -2.06. The van der Waals surface area contributed by atoms with Crippen LogP contribution in [0.25, 0.3) is 0 Å². The van der Waals surface area contributed by atoms with Gasteiger partial charge in [-0.15, -0.1) is 0 Å². The predicted octanol–water partition coefficient (Wildman–Crippen LogP) is 3.23. The Morgan fingerprint density at radius 1 is 1.22 bits per heavy atom. The second kappa shape index (κ2) is 12.5. The molecule has 1 rings (SSSR count). The summed E-state index contributed by atoms with van der Waals surface area (Å²) in [5, 5.41) is 19.2. The Labute approximate surface area is 139 Å². The average Bonchev–Trinajstić information content (AvgIpc) is 3.26. The number of hydrogen-bond donors (Lipinski definition) is 1. The maximum absolute atomic E-state index is 10.3. The average molecular weight is 327 g/mol. The molecule has 1 saturated heterocycles. The molecule has 3 atom stereocenters. The first-order chi connectivity index (χ1) is 11.2. The van der Waals surface area contributed by atoms with Gasteiger partial charge in [0.25, 0.3) is 0 Å². The van der Waals surface area contributed by atoms with E-state index in [1.54, 1.807) is 0 Å². The van der Waals surface area contributed by atoms with Crippen molar-refractivity contribution in [3.05, 3.63) is 12.2 Å². The summed E-state index contributed by atoms with van der Waals surface area (Å²) in [4.78, 5) is 14.8. The molecule has 0 saturated carbocycles. The zero-order valence-electron chi connectivity index (χ0n) is 14.2. The van der Waals surface area contributed by atoms with Crippen molar-refractivity contribution >= 4 is 5.97 Å². The largest absolute Gasteiger partial charge is 0.550 e. The van der Waals surface area contributed by atoms with Crippen molar-refractivity contribution in [2.75, 3.05) is 0 Å². The van der Waals surface area contributed by atoms with E-state index in [1.165, 1.54) is 19.3 Å².